The molecule has 3 atom stereocenters. The lowest BCUT2D eigenvalue weighted by molar-refractivity contribution is -0.0817. The number of methoxy groups -OCH3 is 1. The zero-order chi connectivity index (χ0) is 32.6. The monoisotopic (exact) mass is 420 g/mol. The van der Waals surface area contributed by atoms with Crippen molar-refractivity contribution in [2.45, 2.75) is 69.7 Å². The molecular weight excluding hydrogens is 370 g/mol. The zero-order valence-electron chi connectivity index (χ0n) is 30.8. The second-order valence-corrected chi connectivity index (χ2v) is 8.00. The summed E-state index contributed by atoms with van der Waals surface area (Å²) >= 11 is -6.20. The first kappa shape index (κ1) is 8.50. The summed E-state index contributed by atoms with van der Waals surface area (Å²) in [5, 5.41) is 1.85. The summed E-state index contributed by atoms with van der Waals surface area (Å²) in [6.07, 6.45) is -9.47. The van der Waals surface area contributed by atoms with Crippen LogP contribution in [-0.4, -0.2) is 51.3 Å². The van der Waals surface area contributed by atoms with Crippen LogP contribution in [0.3, 0.4) is 0 Å². The van der Waals surface area contributed by atoms with Crippen molar-refractivity contribution in [3.05, 3.63) is 39.4 Å². The normalized spacial score (nSPS) is 55.2. The number of hydrogen-bond acceptors (Lipinski definition) is 4. The molecule has 1 saturated heterocycles. The molecule has 0 bridgehead atoms. The van der Waals surface area contributed by atoms with E-state index in [1.165, 1.54) is 6.92 Å². The second kappa shape index (κ2) is 7.56. The Morgan fingerprint density at radius 2 is 2.50 bits per heavy atom. The average Bonchev–Trinajstić information content (AvgIpc) is 3.34. The highest BCUT2D eigenvalue weighted by Gasteiger charge is 2.45. The van der Waals surface area contributed by atoms with Gasteiger partial charge >= 0.3 is 0 Å². The number of aromatic nitrogens is 1. The number of fused-ring (bicyclic) bond motifs is 2. The van der Waals surface area contributed by atoms with Gasteiger partial charge in [0.25, 0.3) is 0 Å². The minimum absolute atomic E-state index is 0.187. The Morgan fingerprint density at radius 1 is 1.57 bits per heavy atom. The number of likely N-dealkylation sites (tertiary alicyclic amines) is 1. The van der Waals surface area contributed by atoms with Crippen molar-refractivity contribution in [1.82, 2.24) is 9.88 Å². The van der Waals surface area contributed by atoms with Gasteiger partial charge in [0.1, 0.15) is 6.23 Å². The fraction of sp³-hybridized carbons (Fsp3) is 0.636. The van der Waals surface area contributed by atoms with Crippen LogP contribution in [0.2, 0.25) is 0 Å². The Morgan fingerprint density at radius 3 is 3.36 bits per heavy atom. The molecule has 3 unspecified atom stereocenters. The Labute approximate surface area is 192 Å². The molecular formula is C22H35N3O2S. The molecule has 5 nitrogen and oxygen atoms in total. The van der Waals surface area contributed by atoms with Crippen LogP contribution in [0.1, 0.15) is 66.7 Å². The number of H-pyrrole nitrogens is 1. The summed E-state index contributed by atoms with van der Waals surface area (Å²) in [5.41, 5.74) is -2.70. The third-order valence-electron chi connectivity index (χ3n) is 5.37. The Balaban J connectivity index is 1.75. The molecule has 156 valence electrons. The lowest BCUT2D eigenvalue weighted by Gasteiger charge is -2.48. The third kappa shape index (κ3) is 3.24. The first-order valence-electron chi connectivity index (χ1n) is 16.8. The van der Waals surface area contributed by atoms with Crippen molar-refractivity contribution in [3.8, 4) is 0 Å². The average molecular weight is 421 g/mol. The van der Waals surface area contributed by atoms with Gasteiger partial charge in [-0.3, -0.25) is 16.4 Å². The summed E-state index contributed by atoms with van der Waals surface area (Å²) in [6, 6.07) is -1.10. The van der Waals surface area contributed by atoms with Gasteiger partial charge in [-0.2, -0.15) is 0 Å². The summed E-state index contributed by atoms with van der Waals surface area (Å²) in [6.45, 7) is -5.71. The first-order valence-corrected chi connectivity index (χ1v) is 10.3. The molecule has 5 heterocycles. The number of aryl methyl sites for hydroxylation is 1. The minimum atomic E-state index is -6.20. The Kier molecular flexibility index (Phi) is 2.29. The summed E-state index contributed by atoms with van der Waals surface area (Å²) in [7, 11) is 1.55. The van der Waals surface area contributed by atoms with E-state index in [4.69, 9.17) is 26.6 Å². The van der Waals surface area contributed by atoms with Gasteiger partial charge in [0.05, 0.1) is 26.7 Å². The predicted octanol–water partition coefficient (Wildman–Crippen LogP) is 3.32. The number of rotatable bonds is 4. The van der Waals surface area contributed by atoms with Crippen LogP contribution in [-0.2, 0) is 22.4 Å². The van der Waals surface area contributed by atoms with Gasteiger partial charge < -0.3 is 19.8 Å². The van der Waals surface area contributed by atoms with Gasteiger partial charge in [-0.1, -0.05) is 18.4 Å². The van der Waals surface area contributed by atoms with Crippen LogP contribution in [0.5, 0.6) is 0 Å². The summed E-state index contributed by atoms with van der Waals surface area (Å²) in [5.74, 6) is 0. The smallest absolute Gasteiger partial charge is 0.127 e. The molecule has 0 amide bonds. The van der Waals surface area contributed by atoms with Gasteiger partial charge in [-0.25, -0.2) is 0 Å². The van der Waals surface area contributed by atoms with E-state index >= 15 is 0 Å². The van der Waals surface area contributed by atoms with Crippen LogP contribution < -0.4 is 5.32 Å². The Bertz CT molecular complexity index is 1430. The maximum absolute atomic E-state index is 9.34. The molecule has 0 saturated carbocycles. The molecule has 0 aliphatic carbocycles. The molecule has 1 aromatic rings. The fourth-order valence-electron chi connectivity index (χ4n) is 3.89. The molecule has 1 spiro atoms. The third-order valence-corrected chi connectivity index (χ3v) is 6.16. The number of anilines is 1. The summed E-state index contributed by atoms with van der Waals surface area (Å²) < 4.78 is 143. The lowest BCUT2D eigenvalue weighted by Crippen LogP contribution is -2.53. The minimum Gasteiger partial charge on any atom is -0.370 e. The van der Waals surface area contributed by atoms with E-state index in [-0.39, 0.29) is 19.2 Å². The van der Waals surface area contributed by atoms with Gasteiger partial charge in [-0.05, 0) is 54.9 Å². The van der Waals surface area contributed by atoms with E-state index in [9.17, 15) is 2.74 Å². The van der Waals surface area contributed by atoms with Gasteiger partial charge in [0.2, 0.25) is 0 Å². The molecule has 0 aromatic carbocycles. The fourth-order valence-corrected chi connectivity index (χ4v) is 4.60. The quantitative estimate of drug-likeness (QED) is 0.784. The second-order valence-electron chi connectivity index (χ2n) is 7.11. The van der Waals surface area contributed by atoms with E-state index in [0.29, 0.717) is 24.2 Å². The van der Waals surface area contributed by atoms with E-state index in [1.54, 1.807) is 13.2 Å². The van der Waals surface area contributed by atoms with Crippen LogP contribution in [0, 0.1) is 0 Å². The maximum Gasteiger partial charge on any atom is 0.127 e. The number of hydrogen-bond donors (Lipinski definition) is 2. The van der Waals surface area contributed by atoms with Gasteiger partial charge in [0, 0.05) is 48.5 Å². The first-order chi connectivity index (χ1) is 19.4. The molecule has 4 aliphatic heterocycles. The highest BCUT2D eigenvalue weighted by Crippen LogP contribution is 2.48. The van der Waals surface area contributed by atoms with Crippen molar-refractivity contribution in [2.24, 2.45) is 0 Å². The molecule has 1 fully saturated rings. The largest absolute Gasteiger partial charge is 0.370 e. The van der Waals surface area contributed by atoms with Crippen molar-refractivity contribution >= 4 is 17.2 Å². The van der Waals surface area contributed by atoms with Crippen LogP contribution in [0.25, 0.3) is 0 Å². The molecule has 1 aromatic heterocycles. The summed E-state index contributed by atoms with van der Waals surface area (Å²) in [4.78, 5) is 2.76. The Hall–Kier alpha value is -1.21. The molecule has 2 N–H and O–H groups in total. The van der Waals surface area contributed by atoms with E-state index in [1.807, 2.05) is 0 Å². The molecule has 0 radical (unpaired) electrons. The zero-order valence-corrected chi connectivity index (χ0v) is 16.7. The molecule has 28 heavy (non-hydrogen) atoms. The van der Waals surface area contributed by atoms with Crippen LogP contribution in [0.15, 0.2) is 28.0 Å². The molecule has 5 rings (SSSR count). The highest BCUT2D eigenvalue weighted by molar-refractivity contribution is 8.06. The SMILES string of the molecule is [2H]C1=C([2H])[SH]([2H])([2H])([2H])C2=C1C1(OC([2H])([2H])C2([2H])[2H])C([2H])([2H])C(CC)N(Cc2cc3c([nH]2)CCC(OC)N3)C([2H])([2H])C1([2H])[2H]. The number of piperidine rings is 1. The molecule has 6 heteroatoms. The van der Waals surface area contributed by atoms with E-state index < -0.39 is 77.2 Å². The van der Waals surface area contributed by atoms with Gasteiger partial charge in [-0.15, -0.1) is 0 Å². The van der Waals surface area contributed by atoms with Crippen molar-refractivity contribution < 1.29 is 25.9 Å². The van der Waals surface area contributed by atoms with E-state index in [2.05, 4.69) is 10.3 Å². The number of nitrogens with one attached hydrogen (secondary N) is 2. The van der Waals surface area contributed by atoms with Gasteiger partial charge in [0.15, 0.2) is 0 Å². The van der Waals surface area contributed by atoms with Crippen molar-refractivity contribution in [1.29, 1.82) is 3.37 Å². The van der Waals surface area contributed by atoms with Crippen molar-refractivity contribution in [3.63, 3.8) is 0 Å². The predicted molar refractivity (Wildman–Crippen MR) is 120 cm³/mol. The van der Waals surface area contributed by atoms with E-state index in [0.717, 1.165) is 10.6 Å². The molecule has 4 aliphatic rings. The number of ether oxygens (including phenoxy) is 2. The van der Waals surface area contributed by atoms with Crippen LogP contribution >= 0.6 is 11.5 Å². The maximum atomic E-state index is 9.34. The lowest BCUT2D eigenvalue weighted by atomic mass is 9.78. The number of aromatic amines is 1. The standard InChI is InChI=1S/C22H35N3O2S/c1-3-16-13-22(17-7-11-28-20(17)6-10-27-22)8-9-25(16)14-15-12-19-18(23-15)4-5-21(24-19)26-2/h7,11-12,16,21,23-24H,3-6,8-10,13-14H2,1-2H3,28H4/i6D2,7D,8D2,9D2,10D2,11D,13D2,28D3. The van der Waals surface area contributed by atoms with Crippen molar-refractivity contribution in [2.75, 3.05) is 25.5 Å². The number of nitrogens with zero attached hydrogens (tertiary/aromatic N) is 1. The van der Waals surface area contributed by atoms with Crippen LogP contribution in [0.4, 0.5) is 5.69 Å². The highest BCUT2D eigenvalue weighted by atomic mass is 32.2. The topological polar surface area (TPSA) is 49.5 Å².